The van der Waals surface area contributed by atoms with E-state index in [9.17, 15) is 9.90 Å². The third-order valence-electron chi connectivity index (χ3n) is 4.14. The van der Waals surface area contributed by atoms with Gasteiger partial charge in [0.25, 0.3) is 5.91 Å². The number of phenolic OH excluding ortho intramolecular Hbond substituents is 1. The molecule has 1 fully saturated rings. The van der Waals surface area contributed by atoms with Gasteiger partial charge in [-0.15, -0.1) is 0 Å². The Kier molecular flexibility index (Phi) is 4.46. The van der Waals surface area contributed by atoms with Crippen molar-refractivity contribution in [2.45, 2.75) is 52.0 Å². The molecular weight excluding hydrogens is 238 g/mol. The zero-order valence-corrected chi connectivity index (χ0v) is 11.8. The number of hydrogen-bond acceptors (Lipinski definition) is 2. The zero-order valence-electron chi connectivity index (χ0n) is 11.8. The Labute approximate surface area is 115 Å². The van der Waals surface area contributed by atoms with Crippen LogP contribution in [0.4, 0.5) is 0 Å². The molecule has 1 aromatic carbocycles. The monoisotopic (exact) mass is 261 g/mol. The normalized spacial score (nSPS) is 23.7. The number of nitrogens with one attached hydrogen (secondary N) is 1. The van der Waals surface area contributed by atoms with E-state index in [1.54, 1.807) is 25.1 Å². The van der Waals surface area contributed by atoms with Crippen LogP contribution in [0.25, 0.3) is 0 Å². The van der Waals surface area contributed by atoms with Crippen molar-refractivity contribution in [3.63, 3.8) is 0 Å². The number of carbonyl (C=O) groups is 1. The fraction of sp³-hybridized carbons (Fsp3) is 0.562. The predicted molar refractivity (Wildman–Crippen MR) is 76.3 cm³/mol. The van der Waals surface area contributed by atoms with Crippen LogP contribution in [0.2, 0.25) is 0 Å². The van der Waals surface area contributed by atoms with Crippen LogP contribution in [0, 0.1) is 12.8 Å². The summed E-state index contributed by atoms with van der Waals surface area (Å²) in [6.45, 7) is 4.03. The molecule has 0 bridgehead atoms. The van der Waals surface area contributed by atoms with Gasteiger partial charge in [-0.25, -0.2) is 0 Å². The SMILES string of the molecule is Cc1cc(C(=O)NC2CCCCCC2C)ccc1O. The lowest BCUT2D eigenvalue weighted by molar-refractivity contribution is 0.0921. The molecule has 0 saturated heterocycles. The lowest BCUT2D eigenvalue weighted by Gasteiger charge is -2.23. The van der Waals surface area contributed by atoms with Crippen LogP contribution in [-0.4, -0.2) is 17.1 Å². The van der Waals surface area contributed by atoms with Gasteiger partial charge in [-0.3, -0.25) is 4.79 Å². The standard InChI is InChI=1S/C16H23NO2/c1-11-6-4-3-5-7-14(11)17-16(19)13-8-9-15(18)12(2)10-13/h8-11,14,18H,3-7H2,1-2H3,(H,17,19). The zero-order chi connectivity index (χ0) is 13.8. The minimum Gasteiger partial charge on any atom is -0.508 e. The van der Waals surface area contributed by atoms with Crippen LogP contribution in [0.5, 0.6) is 5.75 Å². The van der Waals surface area contributed by atoms with E-state index in [-0.39, 0.29) is 17.7 Å². The molecule has 2 atom stereocenters. The predicted octanol–water partition coefficient (Wildman–Crippen LogP) is 3.40. The summed E-state index contributed by atoms with van der Waals surface area (Å²) in [4.78, 5) is 12.2. The Morgan fingerprint density at radius 1 is 1.26 bits per heavy atom. The van der Waals surface area contributed by atoms with Gasteiger partial charge in [-0.05, 0) is 49.4 Å². The number of rotatable bonds is 2. The quantitative estimate of drug-likeness (QED) is 0.802. The van der Waals surface area contributed by atoms with Crippen molar-refractivity contribution in [1.82, 2.24) is 5.32 Å². The van der Waals surface area contributed by atoms with E-state index in [1.165, 1.54) is 25.7 Å². The van der Waals surface area contributed by atoms with Crippen molar-refractivity contribution >= 4 is 5.91 Å². The number of carbonyl (C=O) groups excluding carboxylic acids is 1. The van der Waals surface area contributed by atoms with Gasteiger partial charge in [0.2, 0.25) is 0 Å². The van der Waals surface area contributed by atoms with Gasteiger partial charge in [0, 0.05) is 11.6 Å². The molecule has 0 spiro atoms. The Hall–Kier alpha value is -1.51. The largest absolute Gasteiger partial charge is 0.508 e. The minimum absolute atomic E-state index is 0.0261. The van der Waals surface area contributed by atoms with Gasteiger partial charge in [0.15, 0.2) is 0 Å². The van der Waals surface area contributed by atoms with Crippen LogP contribution < -0.4 is 5.32 Å². The van der Waals surface area contributed by atoms with Crippen molar-refractivity contribution in [3.05, 3.63) is 29.3 Å². The van der Waals surface area contributed by atoms with Gasteiger partial charge < -0.3 is 10.4 Å². The summed E-state index contributed by atoms with van der Waals surface area (Å²) in [7, 11) is 0. The summed E-state index contributed by atoms with van der Waals surface area (Å²) >= 11 is 0. The van der Waals surface area contributed by atoms with E-state index in [0.717, 1.165) is 12.0 Å². The van der Waals surface area contributed by atoms with E-state index in [1.807, 2.05) is 0 Å². The fourth-order valence-corrected chi connectivity index (χ4v) is 2.76. The van der Waals surface area contributed by atoms with Gasteiger partial charge in [0.1, 0.15) is 5.75 Å². The van der Waals surface area contributed by atoms with Crippen molar-refractivity contribution < 1.29 is 9.90 Å². The third-order valence-corrected chi connectivity index (χ3v) is 4.14. The highest BCUT2D eigenvalue weighted by Crippen LogP contribution is 2.23. The molecule has 1 aliphatic rings. The molecular formula is C16H23NO2. The second-order valence-electron chi connectivity index (χ2n) is 5.70. The van der Waals surface area contributed by atoms with E-state index < -0.39 is 0 Å². The number of hydrogen-bond donors (Lipinski definition) is 2. The fourth-order valence-electron chi connectivity index (χ4n) is 2.76. The van der Waals surface area contributed by atoms with E-state index >= 15 is 0 Å². The first kappa shape index (κ1) is 13.9. The minimum atomic E-state index is -0.0261. The Balaban J connectivity index is 2.05. The van der Waals surface area contributed by atoms with Crippen molar-refractivity contribution in [2.75, 3.05) is 0 Å². The maximum atomic E-state index is 12.2. The van der Waals surface area contributed by atoms with Crippen LogP contribution in [0.3, 0.4) is 0 Å². The van der Waals surface area contributed by atoms with Crippen molar-refractivity contribution in [3.8, 4) is 5.75 Å². The maximum absolute atomic E-state index is 12.2. The number of aryl methyl sites for hydroxylation is 1. The molecule has 19 heavy (non-hydrogen) atoms. The molecule has 1 aliphatic carbocycles. The van der Waals surface area contributed by atoms with Crippen molar-refractivity contribution in [2.24, 2.45) is 5.92 Å². The molecule has 0 aromatic heterocycles. The van der Waals surface area contributed by atoms with Crippen LogP contribution >= 0.6 is 0 Å². The highest BCUT2D eigenvalue weighted by molar-refractivity contribution is 5.94. The molecule has 1 amide bonds. The molecule has 2 rings (SSSR count). The summed E-state index contributed by atoms with van der Waals surface area (Å²) in [5, 5.41) is 12.6. The summed E-state index contributed by atoms with van der Waals surface area (Å²) in [6.07, 6.45) is 6.01. The van der Waals surface area contributed by atoms with Gasteiger partial charge >= 0.3 is 0 Å². The second kappa shape index (κ2) is 6.09. The summed E-state index contributed by atoms with van der Waals surface area (Å²) in [5.74, 6) is 0.755. The van der Waals surface area contributed by atoms with E-state index in [2.05, 4.69) is 12.2 Å². The first-order valence-electron chi connectivity index (χ1n) is 7.18. The molecule has 0 aliphatic heterocycles. The van der Waals surface area contributed by atoms with Crippen LogP contribution in [-0.2, 0) is 0 Å². The molecule has 2 N–H and O–H groups in total. The molecule has 1 saturated carbocycles. The number of benzene rings is 1. The smallest absolute Gasteiger partial charge is 0.251 e. The summed E-state index contributed by atoms with van der Waals surface area (Å²) < 4.78 is 0. The van der Waals surface area contributed by atoms with Gasteiger partial charge in [-0.2, -0.15) is 0 Å². The maximum Gasteiger partial charge on any atom is 0.251 e. The molecule has 104 valence electrons. The Morgan fingerprint density at radius 3 is 2.74 bits per heavy atom. The van der Waals surface area contributed by atoms with Gasteiger partial charge in [-0.1, -0.05) is 26.2 Å². The lowest BCUT2D eigenvalue weighted by Crippen LogP contribution is -2.38. The summed E-state index contributed by atoms with van der Waals surface area (Å²) in [6, 6.07) is 5.29. The molecule has 1 aromatic rings. The highest BCUT2D eigenvalue weighted by Gasteiger charge is 2.22. The molecule has 3 heteroatoms. The molecule has 3 nitrogen and oxygen atoms in total. The average molecular weight is 261 g/mol. The van der Waals surface area contributed by atoms with Gasteiger partial charge in [0.05, 0.1) is 0 Å². The van der Waals surface area contributed by atoms with E-state index in [4.69, 9.17) is 0 Å². The Bertz CT molecular complexity index is 456. The Morgan fingerprint density at radius 2 is 2.00 bits per heavy atom. The molecule has 0 radical (unpaired) electrons. The first-order chi connectivity index (χ1) is 9.08. The summed E-state index contributed by atoms with van der Waals surface area (Å²) in [5.41, 5.74) is 1.37. The number of aromatic hydroxyl groups is 1. The topological polar surface area (TPSA) is 49.3 Å². The average Bonchev–Trinajstić information content (AvgIpc) is 2.58. The molecule has 0 heterocycles. The lowest BCUT2D eigenvalue weighted by atomic mass is 9.96. The third kappa shape index (κ3) is 3.49. The van der Waals surface area contributed by atoms with Crippen molar-refractivity contribution in [1.29, 1.82) is 0 Å². The van der Waals surface area contributed by atoms with E-state index in [0.29, 0.717) is 11.5 Å². The molecule has 2 unspecified atom stereocenters. The number of amides is 1. The van der Waals surface area contributed by atoms with Crippen LogP contribution in [0.1, 0.15) is 54.9 Å². The first-order valence-corrected chi connectivity index (χ1v) is 7.18. The van der Waals surface area contributed by atoms with Crippen LogP contribution in [0.15, 0.2) is 18.2 Å². The second-order valence-corrected chi connectivity index (χ2v) is 5.70. The number of phenols is 1. The highest BCUT2D eigenvalue weighted by atomic mass is 16.3.